The van der Waals surface area contributed by atoms with Crippen molar-refractivity contribution in [1.82, 2.24) is 25.0 Å². The molecule has 6 nitrogen and oxygen atoms in total. The van der Waals surface area contributed by atoms with Gasteiger partial charge in [-0.15, -0.1) is 11.3 Å². The van der Waals surface area contributed by atoms with E-state index in [1.165, 1.54) is 0 Å². The van der Waals surface area contributed by atoms with Crippen LogP contribution in [-0.2, 0) is 17.8 Å². The number of rotatable bonds is 8. The molecule has 1 amide bonds. The molecule has 0 unspecified atom stereocenters. The number of hydrogen-bond donors (Lipinski definition) is 1. The Morgan fingerprint density at radius 2 is 2.03 bits per heavy atom. The molecule has 0 saturated carbocycles. The number of carbonyl (C=O) groups is 1. The molecule has 0 radical (unpaired) electrons. The first-order chi connectivity index (χ1) is 15.1. The first-order valence-electron chi connectivity index (χ1n) is 11.1. The predicted octanol–water partition coefficient (Wildman–Crippen LogP) is 4.14. The second kappa shape index (κ2) is 10.2. The summed E-state index contributed by atoms with van der Waals surface area (Å²) in [6.07, 6.45) is 3.70. The Kier molecular flexibility index (Phi) is 7.14. The van der Waals surface area contributed by atoms with E-state index in [1.807, 2.05) is 37.1 Å². The molecule has 7 heteroatoms. The Morgan fingerprint density at radius 3 is 2.74 bits per heavy atom. The summed E-state index contributed by atoms with van der Waals surface area (Å²) in [6.45, 7) is 5.66. The molecule has 1 N–H and O–H groups in total. The van der Waals surface area contributed by atoms with E-state index in [0.29, 0.717) is 5.91 Å². The Balaban J connectivity index is 1.18. The average Bonchev–Trinajstić information content (AvgIpc) is 3.43. The maximum Gasteiger partial charge on any atom is 0.225 e. The number of nitrogens with zero attached hydrogens (tertiary/aromatic N) is 4. The van der Waals surface area contributed by atoms with Gasteiger partial charge < -0.3 is 4.90 Å². The van der Waals surface area contributed by atoms with Crippen molar-refractivity contribution in [2.75, 3.05) is 26.7 Å². The van der Waals surface area contributed by atoms with Crippen molar-refractivity contribution in [3.8, 4) is 11.3 Å². The van der Waals surface area contributed by atoms with Gasteiger partial charge >= 0.3 is 0 Å². The molecule has 1 aliphatic rings. The van der Waals surface area contributed by atoms with E-state index in [2.05, 4.69) is 43.7 Å². The molecule has 164 valence electrons. The maximum atomic E-state index is 12.9. The number of amides is 1. The third-order valence-corrected chi connectivity index (χ3v) is 6.83. The number of hydrogen-bond acceptors (Lipinski definition) is 5. The lowest BCUT2D eigenvalue weighted by molar-refractivity contribution is -0.135. The summed E-state index contributed by atoms with van der Waals surface area (Å²) in [5.74, 6) is 0.439. The average molecular weight is 438 g/mol. The number of carbonyl (C=O) groups excluding carboxylic acids is 1. The molecule has 1 saturated heterocycles. The van der Waals surface area contributed by atoms with E-state index >= 15 is 0 Å². The minimum absolute atomic E-state index is 0.148. The largest absolute Gasteiger partial charge is 0.346 e. The van der Waals surface area contributed by atoms with Crippen molar-refractivity contribution in [2.24, 2.45) is 5.92 Å². The van der Waals surface area contributed by atoms with Crippen molar-refractivity contribution < 1.29 is 4.79 Å². The van der Waals surface area contributed by atoms with E-state index in [1.54, 1.807) is 11.3 Å². The molecule has 2 aromatic heterocycles. The zero-order valence-corrected chi connectivity index (χ0v) is 19.2. The molecule has 0 atom stereocenters. The molecule has 0 bridgehead atoms. The van der Waals surface area contributed by atoms with Crippen LogP contribution in [0, 0.1) is 12.8 Å². The summed E-state index contributed by atoms with van der Waals surface area (Å²) in [5, 5.41) is 10.8. The van der Waals surface area contributed by atoms with E-state index in [-0.39, 0.29) is 5.92 Å². The Morgan fingerprint density at radius 1 is 1.26 bits per heavy atom. The molecular weight excluding hydrogens is 406 g/mol. The predicted molar refractivity (Wildman–Crippen MR) is 125 cm³/mol. The number of H-pyrrole nitrogens is 1. The zero-order valence-electron chi connectivity index (χ0n) is 18.4. The molecule has 1 aliphatic heterocycles. The van der Waals surface area contributed by atoms with Crippen molar-refractivity contribution in [1.29, 1.82) is 0 Å². The fraction of sp³-hybridized carbons (Fsp3) is 0.458. The molecular formula is C24H31N5OS. The third-order valence-electron chi connectivity index (χ3n) is 6.01. The lowest BCUT2D eigenvalue weighted by atomic mass is 9.95. The summed E-state index contributed by atoms with van der Waals surface area (Å²) < 4.78 is 0. The summed E-state index contributed by atoms with van der Waals surface area (Å²) in [6, 6.07) is 12.3. The lowest BCUT2D eigenvalue weighted by Crippen LogP contribution is -2.41. The zero-order chi connectivity index (χ0) is 21.6. The Hall–Kier alpha value is -2.51. The van der Waals surface area contributed by atoms with Gasteiger partial charge in [0.25, 0.3) is 0 Å². The molecule has 1 aromatic carbocycles. The van der Waals surface area contributed by atoms with Gasteiger partial charge in [0.1, 0.15) is 0 Å². The van der Waals surface area contributed by atoms with Crippen molar-refractivity contribution >= 4 is 17.2 Å². The molecule has 0 spiro atoms. The monoisotopic (exact) mass is 437 g/mol. The van der Waals surface area contributed by atoms with E-state index < -0.39 is 0 Å². The van der Waals surface area contributed by atoms with Crippen LogP contribution in [0.4, 0.5) is 0 Å². The smallest absolute Gasteiger partial charge is 0.225 e. The highest BCUT2D eigenvalue weighted by Gasteiger charge is 2.27. The van der Waals surface area contributed by atoms with Crippen LogP contribution in [0.25, 0.3) is 11.3 Å². The molecule has 4 rings (SSSR count). The fourth-order valence-corrected chi connectivity index (χ4v) is 4.83. The number of thiazole rings is 1. The van der Waals surface area contributed by atoms with Gasteiger partial charge in [0.2, 0.25) is 5.91 Å². The normalized spacial score (nSPS) is 15.3. The summed E-state index contributed by atoms with van der Waals surface area (Å²) in [7, 11) is 1.94. The molecule has 1 fully saturated rings. The SMILES string of the molecule is Cc1nc(CN2CCC(C(=O)N(C)CCCc3cc(-c4ccccc4)n[nH]3)CC2)cs1. The lowest BCUT2D eigenvalue weighted by Gasteiger charge is -2.32. The Bertz CT molecular complexity index is 975. The number of piperidine rings is 1. The molecule has 31 heavy (non-hydrogen) atoms. The quantitative estimate of drug-likeness (QED) is 0.575. The van der Waals surface area contributed by atoms with Gasteiger partial charge in [0, 0.05) is 42.7 Å². The highest BCUT2D eigenvalue weighted by molar-refractivity contribution is 7.09. The van der Waals surface area contributed by atoms with Gasteiger partial charge in [-0.05, 0) is 51.8 Å². The van der Waals surface area contributed by atoms with Crippen LogP contribution in [0.1, 0.15) is 35.7 Å². The van der Waals surface area contributed by atoms with Crippen LogP contribution in [0.3, 0.4) is 0 Å². The van der Waals surface area contributed by atoms with Gasteiger partial charge in [0.15, 0.2) is 0 Å². The van der Waals surface area contributed by atoms with Crippen LogP contribution >= 0.6 is 11.3 Å². The Labute approximate surface area is 188 Å². The summed E-state index contributed by atoms with van der Waals surface area (Å²) >= 11 is 1.70. The number of aromatic amines is 1. The molecule has 3 aromatic rings. The maximum absolute atomic E-state index is 12.9. The summed E-state index contributed by atoms with van der Waals surface area (Å²) in [4.78, 5) is 21.8. The van der Waals surface area contributed by atoms with Crippen LogP contribution < -0.4 is 0 Å². The highest BCUT2D eigenvalue weighted by Crippen LogP contribution is 2.22. The van der Waals surface area contributed by atoms with Gasteiger partial charge in [-0.2, -0.15) is 5.10 Å². The fourth-order valence-electron chi connectivity index (χ4n) is 4.22. The molecule has 3 heterocycles. The van der Waals surface area contributed by atoms with Gasteiger partial charge in [-0.1, -0.05) is 30.3 Å². The number of aromatic nitrogens is 3. The van der Waals surface area contributed by atoms with Crippen LogP contribution in [0.2, 0.25) is 0 Å². The molecule has 0 aliphatic carbocycles. The number of nitrogens with one attached hydrogen (secondary N) is 1. The first kappa shape index (κ1) is 21.7. The standard InChI is InChI=1S/C24H31N5OS/c1-18-25-22(17-31-18)16-29-13-10-20(11-14-29)24(30)28(2)12-6-9-21-15-23(27-26-21)19-7-4-3-5-8-19/h3-5,7-8,15,17,20H,6,9-14,16H2,1-2H3,(H,26,27). The van der Waals surface area contributed by atoms with Crippen LogP contribution in [0.5, 0.6) is 0 Å². The van der Waals surface area contributed by atoms with Gasteiger partial charge in [-0.25, -0.2) is 4.98 Å². The van der Waals surface area contributed by atoms with Crippen molar-refractivity contribution in [2.45, 2.75) is 39.2 Å². The summed E-state index contributed by atoms with van der Waals surface area (Å²) in [5.41, 5.74) is 4.36. The van der Waals surface area contributed by atoms with Crippen LogP contribution in [-0.4, -0.2) is 57.6 Å². The minimum Gasteiger partial charge on any atom is -0.346 e. The van der Waals surface area contributed by atoms with Crippen LogP contribution in [0.15, 0.2) is 41.8 Å². The number of likely N-dealkylation sites (tertiary alicyclic amines) is 1. The van der Waals surface area contributed by atoms with E-state index in [4.69, 9.17) is 0 Å². The van der Waals surface area contributed by atoms with Crippen molar-refractivity contribution in [3.63, 3.8) is 0 Å². The van der Waals surface area contributed by atoms with E-state index in [9.17, 15) is 4.79 Å². The second-order valence-corrected chi connectivity index (χ2v) is 9.48. The van der Waals surface area contributed by atoms with Gasteiger partial charge in [-0.3, -0.25) is 14.8 Å². The number of aryl methyl sites for hydroxylation is 2. The van der Waals surface area contributed by atoms with Crippen molar-refractivity contribution in [3.05, 3.63) is 58.2 Å². The second-order valence-electron chi connectivity index (χ2n) is 8.42. The topological polar surface area (TPSA) is 65.1 Å². The highest BCUT2D eigenvalue weighted by atomic mass is 32.1. The van der Waals surface area contributed by atoms with E-state index in [0.717, 1.165) is 79.5 Å². The first-order valence-corrected chi connectivity index (χ1v) is 11.9. The third kappa shape index (κ3) is 5.80. The minimum atomic E-state index is 0.148. The number of benzene rings is 1. The van der Waals surface area contributed by atoms with Gasteiger partial charge in [0.05, 0.1) is 16.4 Å².